The van der Waals surface area contributed by atoms with Gasteiger partial charge in [0.25, 0.3) is 0 Å². The van der Waals surface area contributed by atoms with Gasteiger partial charge < -0.3 is 16.2 Å². The highest BCUT2D eigenvalue weighted by Crippen LogP contribution is 2.42. The molecule has 4 N–H and O–H groups in total. The van der Waals surface area contributed by atoms with E-state index in [1.807, 2.05) is 6.07 Å². The number of rotatable bonds is 1. The van der Waals surface area contributed by atoms with Gasteiger partial charge in [-0.3, -0.25) is 0 Å². The average molecular weight is 299 g/mol. The van der Waals surface area contributed by atoms with Gasteiger partial charge in [-0.05, 0) is 23.8 Å². The van der Waals surface area contributed by atoms with Crippen LogP contribution >= 0.6 is 0 Å². The van der Waals surface area contributed by atoms with Crippen LogP contribution in [0.3, 0.4) is 0 Å². The summed E-state index contributed by atoms with van der Waals surface area (Å²) in [6, 6.07) is 10.4. The van der Waals surface area contributed by atoms with Gasteiger partial charge in [0.15, 0.2) is 11.6 Å². The number of nitrogens with zero attached hydrogens (tertiary/aromatic N) is 1. The minimum Gasteiger partial charge on any atom is -0.440 e. The minimum atomic E-state index is -0.989. The van der Waals surface area contributed by atoms with Gasteiger partial charge in [-0.1, -0.05) is 12.1 Å². The Morgan fingerprint density at radius 2 is 1.82 bits per heavy atom. The molecule has 0 unspecified atom stereocenters. The number of benzene rings is 2. The molecule has 1 aliphatic rings. The van der Waals surface area contributed by atoms with Crippen LogP contribution in [-0.4, -0.2) is 0 Å². The van der Waals surface area contributed by atoms with E-state index >= 15 is 0 Å². The number of nitrogen functional groups attached to an aromatic ring is 1. The zero-order chi connectivity index (χ0) is 15.9. The Balaban J connectivity index is 2.23. The zero-order valence-corrected chi connectivity index (χ0v) is 11.3. The highest BCUT2D eigenvalue weighted by molar-refractivity contribution is 5.59. The fourth-order valence-electron chi connectivity index (χ4n) is 2.51. The first-order valence-corrected chi connectivity index (χ1v) is 6.43. The highest BCUT2D eigenvalue weighted by atomic mass is 19.2. The molecule has 6 heteroatoms. The molecule has 0 radical (unpaired) electrons. The van der Waals surface area contributed by atoms with E-state index in [2.05, 4.69) is 0 Å². The Labute approximate surface area is 125 Å². The molecule has 0 saturated heterocycles. The summed E-state index contributed by atoms with van der Waals surface area (Å²) in [7, 11) is 0. The average Bonchev–Trinajstić information content (AvgIpc) is 2.48. The Morgan fingerprint density at radius 1 is 1.05 bits per heavy atom. The van der Waals surface area contributed by atoms with Gasteiger partial charge in [0, 0.05) is 17.3 Å². The van der Waals surface area contributed by atoms with Crippen LogP contribution in [0, 0.1) is 23.0 Å². The van der Waals surface area contributed by atoms with Gasteiger partial charge >= 0.3 is 0 Å². The minimum absolute atomic E-state index is 0.0738. The maximum absolute atomic E-state index is 13.5. The van der Waals surface area contributed by atoms with E-state index in [1.54, 1.807) is 18.2 Å². The molecule has 1 atom stereocenters. The predicted molar refractivity (Wildman–Crippen MR) is 76.5 cm³/mol. The van der Waals surface area contributed by atoms with E-state index in [-0.39, 0.29) is 11.5 Å². The summed E-state index contributed by atoms with van der Waals surface area (Å²) in [5.74, 6) is -2.26. The van der Waals surface area contributed by atoms with Crippen molar-refractivity contribution in [3.8, 4) is 11.8 Å². The Morgan fingerprint density at radius 3 is 2.50 bits per heavy atom. The molecule has 22 heavy (non-hydrogen) atoms. The zero-order valence-electron chi connectivity index (χ0n) is 11.3. The summed E-state index contributed by atoms with van der Waals surface area (Å²) in [6.07, 6.45) is 0. The van der Waals surface area contributed by atoms with E-state index < -0.39 is 17.6 Å². The monoisotopic (exact) mass is 299 g/mol. The van der Waals surface area contributed by atoms with Gasteiger partial charge in [-0.25, -0.2) is 8.78 Å². The van der Waals surface area contributed by atoms with Gasteiger partial charge in [-0.15, -0.1) is 0 Å². The normalized spacial score (nSPS) is 16.7. The first-order valence-electron chi connectivity index (χ1n) is 6.43. The van der Waals surface area contributed by atoms with Crippen LogP contribution < -0.4 is 16.2 Å². The van der Waals surface area contributed by atoms with Gasteiger partial charge in [0.05, 0.1) is 5.92 Å². The standard InChI is InChI=1S/C16H11F2N3O/c17-12-4-1-8(5-13(12)18)15-10-3-2-9(20)6-14(10)22-16(21)11(15)7-19/h1-6,15H,20-21H2/t15-/m1/s1. The lowest BCUT2D eigenvalue weighted by Crippen LogP contribution is -2.21. The Hall–Kier alpha value is -3.07. The number of nitrogens with two attached hydrogens (primary N) is 2. The molecule has 0 spiro atoms. The molecule has 2 aromatic rings. The van der Waals surface area contributed by atoms with Crippen molar-refractivity contribution in [1.82, 2.24) is 0 Å². The second kappa shape index (κ2) is 5.04. The molecule has 110 valence electrons. The first kappa shape index (κ1) is 13.9. The first-order chi connectivity index (χ1) is 10.5. The van der Waals surface area contributed by atoms with Crippen LogP contribution in [0.15, 0.2) is 47.9 Å². The fourth-order valence-corrected chi connectivity index (χ4v) is 2.51. The molecule has 2 aromatic carbocycles. The summed E-state index contributed by atoms with van der Waals surface area (Å²) in [4.78, 5) is 0. The predicted octanol–water partition coefficient (Wildman–Crippen LogP) is 2.77. The maximum Gasteiger partial charge on any atom is 0.205 e. The third-order valence-electron chi connectivity index (χ3n) is 3.52. The summed E-state index contributed by atoms with van der Waals surface area (Å²) < 4.78 is 32.1. The summed E-state index contributed by atoms with van der Waals surface area (Å²) in [5.41, 5.74) is 13.1. The van der Waals surface area contributed by atoms with Crippen molar-refractivity contribution in [2.75, 3.05) is 5.73 Å². The fraction of sp³-hybridized carbons (Fsp3) is 0.0625. The largest absolute Gasteiger partial charge is 0.440 e. The lowest BCUT2D eigenvalue weighted by molar-refractivity contribution is 0.393. The van der Waals surface area contributed by atoms with Crippen molar-refractivity contribution in [2.45, 2.75) is 5.92 Å². The number of hydrogen-bond acceptors (Lipinski definition) is 4. The molecular weight excluding hydrogens is 288 g/mol. The summed E-state index contributed by atoms with van der Waals surface area (Å²) >= 11 is 0. The van der Waals surface area contributed by atoms with E-state index in [0.717, 1.165) is 12.1 Å². The molecule has 3 rings (SSSR count). The number of nitriles is 1. The van der Waals surface area contributed by atoms with E-state index in [0.29, 0.717) is 22.6 Å². The lowest BCUT2D eigenvalue weighted by atomic mass is 9.83. The number of halogens is 2. The van der Waals surface area contributed by atoms with Crippen molar-refractivity contribution in [2.24, 2.45) is 5.73 Å². The number of ether oxygens (including phenoxy) is 1. The van der Waals surface area contributed by atoms with Gasteiger partial charge in [0.2, 0.25) is 5.88 Å². The van der Waals surface area contributed by atoms with Crippen LogP contribution in [0.1, 0.15) is 17.0 Å². The quantitative estimate of drug-likeness (QED) is 0.793. The molecule has 0 aliphatic carbocycles. The van der Waals surface area contributed by atoms with Crippen molar-refractivity contribution in [1.29, 1.82) is 5.26 Å². The van der Waals surface area contributed by atoms with E-state index in [4.69, 9.17) is 16.2 Å². The van der Waals surface area contributed by atoms with Crippen LogP contribution in [0.25, 0.3) is 0 Å². The van der Waals surface area contributed by atoms with E-state index in [1.165, 1.54) is 6.07 Å². The van der Waals surface area contributed by atoms with Crippen molar-refractivity contribution in [3.05, 3.63) is 70.6 Å². The Bertz CT molecular complexity index is 840. The van der Waals surface area contributed by atoms with Crippen LogP contribution in [-0.2, 0) is 0 Å². The summed E-state index contributed by atoms with van der Waals surface area (Å²) in [6.45, 7) is 0. The molecule has 0 amide bonds. The molecule has 0 fully saturated rings. The number of fused-ring (bicyclic) bond motifs is 1. The molecule has 1 heterocycles. The molecule has 0 saturated carbocycles. The second-order valence-corrected chi connectivity index (χ2v) is 4.90. The molecule has 4 nitrogen and oxygen atoms in total. The molecule has 0 bridgehead atoms. The number of anilines is 1. The van der Waals surface area contributed by atoms with Gasteiger partial charge in [-0.2, -0.15) is 5.26 Å². The van der Waals surface area contributed by atoms with Crippen LogP contribution in [0.2, 0.25) is 0 Å². The topological polar surface area (TPSA) is 85.1 Å². The second-order valence-electron chi connectivity index (χ2n) is 4.90. The Kier molecular flexibility index (Phi) is 3.18. The van der Waals surface area contributed by atoms with Gasteiger partial charge in [0.1, 0.15) is 17.4 Å². The summed E-state index contributed by atoms with van der Waals surface area (Å²) in [5, 5.41) is 9.34. The number of allylic oxidation sites excluding steroid dienone is 1. The van der Waals surface area contributed by atoms with Crippen LogP contribution in [0.4, 0.5) is 14.5 Å². The van der Waals surface area contributed by atoms with Crippen molar-refractivity contribution < 1.29 is 13.5 Å². The molecular formula is C16H11F2N3O. The van der Waals surface area contributed by atoms with Crippen LogP contribution in [0.5, 0.6) is 5.75 Å². The van der Waals surface area contributed by atoms with Crippen molar-refractivity contribution >= 4 is 5.69 Å². The van der Waals surface area contributed by atoms with Crippen molar-refractivity contribution in [3.63, 3.8) is 0 Å². The van der Waals surface area contributed by atoms with E-state index in [9.17, 15) is 14.0 Å². The highest BCUT2D eigenvalue weighted by Gasteiger charge is 2.31. The number of hydrogen-bond donors (Lipinski definition) is 2. The lowest BCUT2D eigenvalue weighted by Gasteiger charge is -2.26. The SMILES string of the molecule is N#CC1=C(N)Oc2cc(N)ccc2[C@H]1c1ccc(F)c(F)c1. The molecule has 1 aliphatic heterocycles. The third kappa shape index (κ3) is 2.13. The maximum atomic E-state index is 13.5. The molecule has 0 aromatic heterocycles. The third-order valence-corrected chi connectivity index (χ3v) is 3.52. The smallest absolute Gasteiger partial charge is 0.205 e.